The van der Waals surface area contributed by atoms with Crippen molar-refractivity contribution in [1.82, 2.24) is 30.4 Å². The Morgan fingerprint density at radius 2 is 1.75 bits per heavy atom. The summed E-state index contributed by atoms with van der Waals surface area (Å²) in [7, 11) is 1.67. The van der Waals surface area contributed by atoms with Gasteiger partial charge in [0.1, 0.15) is 12.1 Å². The molecule has 0 radical (unpaired) electrons. The maximum Gasteiger partial charge on any atom is 0.237 e. The zero-order chi connectivity index (χ0) is 24.7. The number of aromatic nitrogens is 4. The Bertz CT molecular complexity index is 1260. The lowest BCUT2D eigenvalue weighted by molar-refractivity contribution is -0.125. The lowest BCUT2D eigenvalue weighted by Crippen LogP contribution is -2.43. The van der Waals surface area contributed by atoms with Crippen molar-refractivity contribution in [2.45, 2.75) is 31.5 Å². The van der Waals surface area contributed by atoms with Gasteiger partial charge in [-0.15, -0.1) is 5.10 Å². The summed E-state index contributed by atoms with van der Waals surface area (Å²) in [5.74, 6) is 0.869. The van der Waals surface area contributed by atoms with Gasteiger partial charge in [-0.1, -0.05) is 72.8 Å². The normalized spacial score (nSPS) is 17.7. The smallest absolute Gasteiger partial charge is 0.237 e. The summed E-state index contributed by atoms with van der Waals surface area (Å²) in [6.07, 6.45) is 2.99. The predicted octanol–water partition coefficient (Wildman–Crippen LogP) is 3.52. The topological polar surface area (TPSA) is 85.2 Å². The molecule has 2 heterocycles. The molecule has 5 rings (SSSR count). The molecule has 8 heteroatoms. The van der Waals surface area contributed by atoms with Crippen LogP contribution in [0.15, 0.2) is 85.2 Å². The monoisotopic (exact) mass is 482 g/mol. The molecule has 1 N–H and O–H groups in total. The standard InChI is InChI=1S/C28H30N6O2/c1-36-27-10-6-5-9-24(27)15-16-29-28(35)26-17-25(34-20-30-31-32-34)19-33(26)18-21-11-13-23(14-12-21)22-7-3-2-4-8-22/h2-14,20,25-26H,15-19H2,1H3,(H,29,35)/t25-,26-/m0/s1. The molecular weight excluding hydrogens is 452 g/mol. The van der Waals surface area contributed by atoms with Crippen molar-refractivity contribution in [3.8, 4) is 16.9 Å². The van der Waals surface area contributed by atoms with E-state index in [9.17, 15) is 4.79 Å². The average molecular weight is 483 g/mol. The third kappa shape index (κ3) is 5.44. The van der Waals surface area contributed by atoms with E-state index in [-0.39, 0.29) is 18.0 Å². The van der Waals surface area contributed by atoms with E-state index in [2.05, 4.69) is 62.1 Å². The van der Waals surface area contributed by atoms with E-state index in [1.807, 2.05) is 42.5 Å². The minimum atomic E-state index is -0.259. The molecule has 0 unspecified atom stereocenters. The number of hydrogen-bond donors (Lipinski definition) is 1. The van der Waals surface area contributed by atoms with Gasteiger partial charge in [-0.3, -0.25) is 9.69 Å². The van der Waals surface area contributed by atoms with Gasteiger partial charge in [0.2, 0.25) is 5.91 Å². The Morgan fingerprint density at radius 3 is 2.50 bits per heavy atom. The molecule has 0 spiro atoms. The largest absolute Gasteiger partial charge is 0.496 e. The number of carbonyl (C=O) groups excluding carboxylic acids is 1. The minimum absolute atomic E-state index is 0.0291. The number of nitrogens with one attached hydrogen (secondary N) is 1. The quantitative estimate of drug-likeness (QED) is 0.393. The van der Waals surface area contributed by atoms with Crippen LogP contribution in [-0.4, -0.2) is 57.3 Å². The van der Waals surface area contributed by atoms with Gasteiger partial charge in [0, 0.05) is 19.6 Å². The van der Waals surface area contributed by atoms with Crippen LogP contribution in [0.5, 0.6) is 5.75 Å². The molecule has 0 saturated carbocycles. The van der Waals surface area contributed by atoms with Crippen molar-refractivity contribution in [2.75, 3.05) is 20.2 Å². The fraction of sp³-hybridized carbons (Fsp3) is 0.286. The second kappa shape index (κ2) is 11.1. The molecule has 1 saturated heterocycles. The molecule has 1 fully saturated rings. The molecular formula is C28H30N6O2. The lowest BCUT2D eigenvalue weighted by Gasteiger charge is -2.23. The number of hydrogen-bond acceptors (Lipinski definition) is 6. The van der Waals surface area contributed by atoms with Gasteiger partial charge in [0.15, 0.2) is 0 Å². The highest BCUT2D eigenvalue weighted by molar-refractivity contribution is 5.82. The van der Waals surface area contributed by atoms with Crippen molar-refractivity contribution in [3.63, 3.8) is 0 Å². The van der Waals surface area contributed by atoms with Gasteiger partial charge in [-0.2, -0.15) is 0 Å². The summed E-state index contributed by atoms with van der Waals surface area (Å²) in [5.41, 5.74) is 4.61. The van der Waals surface area contributed by atoms with Crippen LogP contribution in [0, 0.1) is 0 Å². The first-order valence-corrected chi connectivity index (χ1v) is 12.2. The number of tetrazole rings is 1. The van der Waals surface area contributed by atoms with E-state index >= 15 is 0 Å². The van der Waals surface area contributed by atoms with Crippen molar-refractivity contribution in [3.05, 3.63) is 96.3 Å². The van der Waals surface area contributed by atoms with Crippen molar-refractivity contribution < 1.29 is 9.53 Å². The first kappa shape index (κ1) is 23.7. The van der Waals surface area contributed by atoms with Gasteiger partial charge < -0.3 is 10.1 Å². The number of benzene rings is 3. The predicted molar refractivity (Wildman–Crippen MR) is 137 cm³/mol. The molecule has 0 bridgehead atoms. The molecule has 2 atom stereocenters. The number of nitrogens with zero attached hydrogens (tertiary/aromatic N) is 5. The third-order valence-electron chi connectivity index (χ3n) is 6.76. The van der Waals surface area contributed by atoms with E-state index < -0.39 is 0 Å². The van der Waals surface area contributed by atoms with Crippen LogP contribution >= 0.6 is 0 Å². The second-order valence-electron chi connectivity index (χ2n) is 9.04. The van der Waals surface area contributed by atoms with Gasteiger partial charge in [-0.05, 0) is 51.6 Å². The number of rotatable bonds is 9. The number of para-hydroxylation sites is 1. The summed E-state index contributed by atoms with van der Waals surface area (Å²) < 4.78 is 7.19. The number of ether oxygens (including phenoxy) is 1. The van der Waals surface area contributed by atoms with Gasteiger partial charge in [0.05, 0.1) is 19.2 Å². The Hall–Kier alpha value is -4.04. The van der Waals surface area contributed by atoms with Crippen molar-refractivity contribution >= 4 is 5.91 Å². The number of amides is 1. The van der Waals surface area contributed by atoms with Crippen LogP contribution in [0.1, 0.15) is 23.6 Å². The fourth-order valence-corrected chi connectivity index (χ4v) is 4.87. The molecule has 0 aliphatic carbocycles. The van der Waals surface area contributed by atoms with Gasteiger partial charge in [0.25, 0.3) is 0 Å². The van der Waals surface area contributed by atoms with Crippen LogP contribution in [-0.2, 0) is 17.8 Å². The molecule has 1 aliphatic rings. The Balaban J connectivity index is 1.26. The Morgan fingerprint density at radius 1 is 1.00 bits per heavy atom. The summed E-state index contributed by atoms with van der Waals surface area (Å²) >= 11 is 0. The van der Waals surface area contributed by atoms with Crippen molar-refractivity contribution in [2.24, 2.45) is 0 Å². The van der Waals surface area contributed by atoms with Crippen LogP contribution in [0.2, 0.25) is 0 Å². The van der Waals surface area contributed by atoms with Crippen molar-refractivity contribution in [1.29, 1.82) is 0 Å². The number of likely N-dealkylation sites (tertiary alicyclic amines) is 1. The van der Waals surface area contributed by atoms with Crippen LogP contribution in [0.25, 0.3) is 11.1 Å². The molecule has 36 heavy (non-hydrogen) atoms. The van der Waals surface area contributed by atoms with Gasteiger partial charge >= 0.3 is 0 Å². The first-order valence-electron chi connectivity index (χ1n) is 12.2. The van der Waals surface area contributed by atoms with E-state index in [0.717, 1.165) is 11.3 Å². The minimum Gasteiger partial charge on any atom is -0.496 e. The Kier molecular flexibility index (Phi) is 7.33. The van der Waals surface area contributed by atoms with E-state index in [1.165, 1.54) is 16.7 Å². The van der Waals surface area contributed by atoms with Crippen LogP contribution in [0.4, 0.5) is 0 Å². The van der Waals surface area contributed by atoms with E-state index in [0.29, 0.717) is 32.5 Å². The average Bonchev–Trinajstić information content (AvgIpc) is 3.60. The van der Waals surface area contributed by atoms with E-state index in [1.54, 1.807) is 18.1 Å². The second-order valence-corrected chi connectivity index (χ2v) is 9.04. The lowest BCUT2D eigenvalue weighted by atomic mass is 10.0. The summed E-state index contributed by atoms with van der Waals surface area (Å²) in [6, 6.07) is 26.6. The fourth-order valence-electron chi connectivity index (χ4n) is 4.87. The first-order chi connectivity index (χ1) is 17.7. The summed E-state index contributed by atoms with van der Waals surface area (Å²) in [4.78, 5) is 15.5. The zero-order valence-electron chi connectivity index (χ0n) is 20.3. The third-order valence-corrected chi connectivity index (χ3v) is 6.76. The SMILES string of the molecule is COc1ccccc1CCNC(=O)[C@@H]1C[C@H](n2cnnn2)CN1Cc1ccc(-c2ccccc2)cc1. The Labute approximate surface area is 210 Å². The molecule has 3 aromatic carbocycles. The summed E-state index contributed by atoms with van der Waals surface area (Å²) in [5, 5.41) is 14.8. The maximum atomic E-state index is 13.3. The zero-order valence-corrected chi connectivity index (χ0v) is 20.3. The van der Waals surface area contributed by atoms with Crippen LogP contribution < -0.4 is 10.1 Å². The summed E-state index contributed by atoms with van der Waals surface area (Å²) in [6.45, 7) is 1.93. The highest BCUT2D eigenvalue weighted by Crippen LogP contribution is 2.29. The number of methoxy groups -OCH3 is 1. The van der Waals surface area contributed by atoms with Crippen LogP contribution in [0.3, 0.4) is 0 Å². The highest BCUT2D eigenvalue weighted by atomic mass is 16.5. The molecule has 1 aromatic heterocycles. The number of carbonyl (C=O) groups is 1. The molecule has 4 aromatic rings. The molecule has 184 valence electrons. The van der Waals surface area contributed by atoms with Gasteiger partial charge in [-0.25, -0.2) is 4.68 Å². The van der Waals surface area contributed by atoms with E-state index in [4.69, 9.17) is 4.74 Å². The molecule has 8 nitrogen and oxygen atoms in total. The maximum absolute atomic E-state index is 13.3. The highest BCUT2D eigenvalue weighted by Gasteiger charge is 2.38. The molecule has 1 aliphatic heterocycles. The molecule has 1 amide bonds.